The van der Waals surface area contributed by atoms with Crippen molar-refractivity contribution >= 4 is 34.6 Å². The van der Waals surface area contributed by atoms with Crippen molar-refractivity contribution in [3.63, 3.8) is 0 Å². The molecule has 0 saturated heterocycles. The minimum absolute atomic E-state index is 0.266. The van der Waals surface area contributed by atoms with Gasteiger partial charge in [-0.3, -0.25) is 0 Å². The summed E-state index contributed by atoms with van der Waals surface area (Å²) in [5.74, 6) is 1.26. The molecular weight excluding hydrogens is 394 g/mol. The van der Waals surface area contributed by atoms with E-state index in [0.29, 0.717) is 30.7 Å². The van der Waals surface area contributed by atoms with E-state index in [4.69, 9.17) is 9.15 Å². The van der Waals surface area contributed by atoms with Crippen LogP contribution in [0.1, 0.15) is 44.7 Å². The van der Waals surface area contributed by atoms with Crippen LogP contribution in [-0.2, 0) is 17.7 Å². The van der Waals surface area contributed by atoms with Crippen molar-refractivity contribution in [3.05, 3.63) is 41.7 Å². The lowest BCUT2D eigenvalue weighted by atomic mass is 9.99. The molecule has 1 aliphatic heterocycles. The summed E-state index contributed by atoms with van der Waals surface area (Å²) in [7, 11) is 0. The fourth-order valence-electron chi connectivity index (χ4n) is 3.68. The molecule has 8 heteroatoms. The van der Waals surface area contributed by atoms with Crippen LogP contribution < -0.4 is 10.6 Å². The number of aromatic nitrogens is 2. The number of ether oxygens (including phenoxy) is 1. The number of amides is 1. The molecule has 1 fully saturated rings. The molecule has 1 aromatic carbocycles. The second-order valence-electron chi connectivity index (χ2n) is 9.21. The van der Waals surface area contributed by atoms with E-state index in [9.17, 15) is 4.79 Å². The maximum Gasteiger partial charge on any atom is 0.410 e. The summed E-state index contributed by atoms with van der Waals surface area (Å²) < 4.78 is 11.1. The number of nitrogens with one attached hydrogen (secondary N) is 2. The van der Waals surface area contributed by atoms with Crippen LogP contribution in [0.4, 0.5) is 22.2 Å². The van der Waals surface area contributed by atoms with Crippen molar-refractivity contribution in [3.8, 4) is 0 Å². The molecule has 0 atom stereocenters. The molecule has 8 nitrogen and oxygen atoms in total. The summed E-state index contributed by atoms with van der Waals surface area (Å²) in [6.07, 6.45) is 4.45. The first-order valence-electron chi connectivity index (χ1n) is 10.7. The first kappa shape index (κ1) is 19.7. The topological polar surface area (TPSA) is 92.5 Å². The van der Waals surface area contributed by atoms with Gasteiger partial charge in [-0.1, -0.05) is 6.07 Å². The summed E-state index contributed by atoms with van der Waals surface area (Å²) in [4.78, 5) is 23.4. The Labute approximate surface area is 181 Å². The van der Waals surface area contributed by atoms with Gasteiger partial charge >= 0.3 is 6.09 Å². The quantitative estimate of drug-likeness (QED) is 0.623. The Bertz CT molecular complexity index is 1130. The molecule has 162 valence electrons. The number of fused-ring (bicyclic) bond motifs is 2. The highest BCUT2D eigenvalue weighted by atomic mass is 16.6. The maximum atomic E-state index is 12.4. The van der Waals surface area contributed by atoms with Crippen LogP contribution in [0, 0.1) is 0 Å². The van der Waals surface area contributed by atoms with Crippen LogP contribution in [0.3, 0.4) is 0 Å². The van der Waals surface area contributed by atoms with Crippen LogP contribution in [0.25, 0.3) is 11.1 Å². The van der Waals surface area contributed by atoms with Crippen LogP contribution in [0.2, 0.25) is 0 Å². The van der Waals surface area contributed by atoms with Gasteiger partial charge in [0.25, 0.3) is 0 Å². The number of rotatable bonds is 4. The number of hydrogen-bond acceptors (Lipinski definition) is 7. The van der Waals surface area contributed by atoms with Gasteiger partial charge in [-0.05, 0) is 63.3 Å². The zero-order valence-corrected chi connectivity index (χ0v) is 18.1. The Morgan fingerprint density at radius 2 is 2.03 bits per heavy atom. The lowest BCUT2D eigenvalue weighted by molar-refractivity contribution is 0.0224. The van der Waals surface area contributed by atoms with E-state index >= 15 is 0 Å². The molecule has 0 radical (unpaired) electrons. The molecule has 2 aliphatic rings. The van der Waals surface area contributed by atoms with Crippen LogP contribution in [-0.4, -0.2) is 39.1 Å². The SMILES string of the molecule is CC(C)(C)OC(=O)N1CCc2cc(Nc3nc(NC4CC4)c4occc4n3)ccc2C1. The monoisotopic (exact) mass is 421 g/mol. The Hall–Kier alpha value is -3.29. The zero-order valence-electron chi connectivity index (χ0n) is 18.1. The molecule has 1 amide bonds. The maximum absolute atomic E-state index is 12.4. The fourth-order valence-corrected chi connectivity index (χ4v) is 3.68. The average molecular weight is 422 g/mol. The van der Waals surface area contributed by atoms with E-state index in [1.807, 2.05) is 39.0 Å². The number of carbonyl (C=O) groups excluding carboxylic acids is 1. The number of furan rings is 1. The minimum atomic E-state index is -0.492. The van der Waals surface area contributed by atoms with E-state index in [2.05, 4.69) is 26.7 Å². The lowest BCUT2D eigenvalue weighted by Gasteiger charge is -2.31. The molecule has 3 heterocycles. The average Bonchev–Trinajstić information content (AvgIpc) is 3.39. The third-order valence-corrected chi connectivity index (χ3v) is 5.35. The smallest absolute Gasteiger partial charge is 0.410 e. The van der Waals surface area contributed by atoms with Gasteiger partial charge in [0.15, 0.2) is 11.4 Å². The molecule has 0 spiro atoms. The predicted octanol–water partition coefficient (Wildman–Crippen LogP) is 4.83. The van der Waals surface area contributed by atoms with Crippen LogP contribution in [0.15, 0.2) is 34.9 Å². The number of anilines is 3. The largest absolute Gasteiger partial charge is 0.459 e. The Morgan fingerprint density at radius 3 is 2.81 bits per heavy atom. The van der Waals surface area contributed by atoms with Crippen molar-refractivity contribution in [2.24, 2.45) is 0 Å². The highest BCUT2D eigenvalue weighted by Gasteiger charge is 2.26. The third-order valence-electron chi connectivity index (χ3n) is 5.35. The molecule has 1 aliphatic carbocycles. The summed E-state index contributed by atoms with van der Waals surface area (Å²) >= 11 is 0. The number of carbonyl (C=O) groups is 1. The van der Waals surface area contributed by atoms with E-state index < -0.39 is 5.60 Å². The van der Waals surface area contributed by atoms with Crippen LogP contribution in [0.5, 0.6) is 0 Å². The molecule has 0 unspecified atom stereocenters. The first-order chi connectivity index (χ1) is 14.8. The fraction of sp³-hybridized carbons (Fsp3) is 0.435. The Kier molecular flexibility index (Phi) is 4.72. The number of nitrogens with zero attached hydrogens (tertiary/aromatic N) is 3. The van der Waals surface area contributed by atoms with E-state index in [0.717, 1.165) is 41.8 Å². The normalized spacial score (nSPS) is 16.2. The molecule has 0 bridgehead atoms. The second kappa shape index (κ2) is 7.44. The van der Waals surface area contributed by atoms with E-state index in [-0.39, 0.29) is 6.09 Å². The summed E-state index contributed by atoms with van der Waals surface area (Å²) in [5, 5.41) is 6.74. The standard InChI is InChI=1S/C23H27N5O3/c1-23(2,3)31-22(29)28-10-8-14-12-17(5-4-15(14)13-28)25-21-26-18-9-11-30-19(18)20(27-21)24-16-6-7-16/h4-5,9,11-12,16H,6-8,10,13H2,1-3H3,(H2,24,25,26,27). The van der Waals surface area contributed by atoms with Crippen molar-refractivity contribution in [2.75, 3.05) is 17.2 Å². The Balaban J connectivity index is 1.32. The lowest BCUT2D eigenvalue weighted by Crippen LogP contribution is -2.39. The summed E-state index contributed by atoms with van der Waals surface area (Å²) in [6.45, 7) is 6.84. The van der Waals surface area contributed by atoms with Gasteiger partial charge in [0.1, 0.15) is 11.1 Å². The highest BCUT2D eigenvalue weighted by molar-refractivity contribution is 5.85. The number of benzene rings is 1. The molecule has 5 rings (SSSR count). The van der Waals surface area contributed by atoms with Crippen molar-refractivity contribution in [1.82, 2.24) is 14.9 Å². The van der Waals surface area contributed by atoms with Gasteiger partial charge in [-0.25, -0.2) is 9.78 Å². The van der Waals surface area contributed by atoms with Gasteiger partial charge in [0, 0.05) is 30.9 Å². The number of hydrogen-bond donors (Lipinski definition) is 2. The van der Waals surface area contributed by atoms with Crippen molar-refractivity contribution in [2.45, 2.75) is 58.2 Å². The zero-order chi connectivity index (χ0) is 21.6. The van der Waals surface area contributed by atoms with Crippen LogP contribution >= 0.6 is 0 Å². The van der Waals surface area contributed by atoms with E-state index in [1.54, 1.807) is 11.2 Å². The van der Waals surface area contributed by atoms with Crippen molar-refractivity contribution < 1.29 is 13.9 Å². The van der Waals surface area contributed by atoms with E-state index in [1.165, 1.54) is 5.56 Å². The van der Waals surface area contributed by atoms with Gasteiger partial charge < -0.3 is 24.7 Å². The first-order valence-corrected chi connectivity index (χ1v) is 10.7. The minimum Gasteiger partial charge on any atom is -0.459 e. The predicted molar refractivity (Wildman–Crippen MR) is 119 cm³/mol. The molecule has 3 aromatic rings. The second-order valence-corrected chi connectivity index (χ2v) is 9.21. The van der Waals surface area contributed by atoms with Gasteiger partial charge in [0.2, 0.25) is 5.95 Å². The molecule has 1 saturated carbocycles. The van der Waals surface area contributed by atoms with Crippen molar-refractivity contribution in [1.29, 1.82) is 0 Å². The van der Waals surface area contributed by atoms with Gasteiger partial charge in [0.05, 0.1) is 6.26 Å². The summed E-state index contributed by atoms with van der Waals surface area (Å²) in [5.41, 5.74) is 4.23. The molecular formula is C23H27N5O3. The molecule has 31 heavy (non-hydrogen) atoms. The molecule has 2 N–H and O–H groups in total. The van der Waals surface area contributed by atoms with Gasteiger partial charge in [-0.2, -0.15) is 4.98 Å². The summed E-state index contributed by atoms with van der Waals surface area (Å²) in [6, 6.07) is 8.46. The highest BCUT2D eigenvalue weighted by Crippen LogP contribution is 2.31. The molecule has 2 aromatic heterocycles. The third kappa shape index (κ3) is 4.42. The van der Waals surface area contributed by atoms with Gasteiger partial charge in [-0.15, -0.1) is 0 Å². The Morgan fingerprint density at radius 1 is 1.19 bits per heavy atom.